The number of ether oxygens (including phenoxy) is 1. The molecular weight excluding hydrogens is 164 g/mol. The van der Waals surface area contributed by atoms with Gasteiger partial charge in [-0.15, -0.1) is 0 Å². The van der Waals surface area contributed by atoms with E-state index in [-0.39, 0.29) is 11.4 Å². The second-order valence-electron chi connectivity index (χ2n) is 4.06. The largest absolute Gasteiger partial charge is 0.426 e. The smallest absolute Gasteiger partial charge is 0.317 e. The number of esters is 1. The van der Waals surface area contributed by atoms with Gasteiger partial charge in [-0.25, -0.2) is 0 Å². The number of carbonyl (C=O) groups excluding carboxylic acids is 1. The number of carbonyl (C=O) groups is 1. The maximum Gasteiger partial charge on any atom is 0.317 e. The monoisotopic (exact) mass is 176 g/mol. The molecule has 0 saturated heterocycles. The molecule has 0 unspecified atom stereocenters. The maximum atomic E-state index is 11.5. The summed E-state index contributed by atoms with van der Waals surface area (Å²) in [4.78, 5) is 11.5. The molecule has 1 aliphatic heterocycles. The molecule has 68 valence electrons. The van der Waals surface area contributed by atoms with Gasteiger partial charge in [-0.05, 0) is 31.9 Å². The summed E-state index contributed by atoms with van der Waals surface area (Å²) >= 11 is 0. The van der Waals surface area contributed by atoms with Crippen molar-refractivity contribution in [3.63, 3.8) is 0 Å². The highest BCUT2D eigenvalue weighted by atomic mass is 16.5. The molecule has 0 radical (unpaired) electrons. The van der Waals surface area contributed by atoms with E-state index in [2.05, 4.69) is 0 Å². The van der Waals surface area contributed by atoms with Crippen LogP contribution in [0.1, 0.15) is 19.4 Å². The first-order chi connectivity index (χ1) is 6.09. The third-order valence-electron chi connectivity index (χ3n) is 2.36. The first kappa shape index (κ1) is 8.30. The van der Waals surface area contributed by atoms with Crippen LogP contribution in [-0.2, 0) is 11.2 Å². The van der Waals surface area contributed by atoms with Gasteiger partial charge in [0, 0.05) is 0 Å². The summed E-state index contributed by atoms with van der Waals surface area (Å²) in [6.07, 6.45) is 0.766. The Labute approximate surface area is 77.5 Å². The first-order valence-corrected chi connectivity index (χ1v) is 4.40. The van der Waals surface area contributed by atoms with E-state index in [0.29, 0.717) is 5.75 Å². The molecule has 0 spiro atoms. The Kier molecular flexibility index (Phi) is 1.65. The van der Waals surface area contributed by atoms with Crippen molar-refractivity contribution in [2.24, 2.45) is 5.41 Å². The molecule has 0 aromatic heterocycles. The van der Waals surface area contributed by atoms with Crippen molar-refractivity contribution in [2.45, 2.75) is 20.3 Å². The van der Waals surface area contributed by atoms with Crippen LogP contribution in [0.4, 0.5) is 0 Å². The summed E-state index contributed by atoms with van der Waals surface area (Å²) in [6, 6.07) is 7.69. The van der Waals surface area contributed by atoms with E-state index in [1.165, 1.54) is 0 Å². The van der Waals surface area contributed by atoms with Crippen LogP contribution in [0, 0.1) is 5.41 Å². The number of benzene rings is 1. The number of hydrogen-bond donors (Lipinski definition) is 0. The Morgan fingerprint density at radius 2 is 2.00 bits per heavy atom. The van der Waals surface area contributed by atoms with Crippen LogP contribution in [0.15, 0.2) is 24.3 Å². The van der Waals surface area contributed by atoms with E-state index in [4.69, 9.17) is 4.74 Å². The van der Waals surface area contributed by atoms with Crippen LogP contribution >= 0.6 is 0 Å². The number of fused-ring (bicyclic) bond motifs is 1. The second-order valence-corrected chi connectivity index (χ2v) is 4.06. The lowest BCUT2D eigenvalue weighted by atomic mass is 9.84. The standard InChI is InChI=1S/C11H12O2/c1-11(2)7-8-5-3-4-6-9(8)13-10(11)12/h3-6H,7H2,1-2H3. The minimum atomic E-state index is -0.381. The van der Waals surface area contributed by atoms with E-state index in [1.54, 1.807) is 0 Å². The second kappa shape index (κ2) is 2.59. The van der Waals surface area contributed by atoms with Crippen molar-refractivity contribution in [2.75, 3.05) is 0 Å². The predicted molar refractivity (Wildman–Crippen MR) is 49.6 cm³/mol. The van der Waals surface area contributed by atoms with E-state index in [0.717, 1.165) is 12.0 Å². The minimum absolute atomic E-state index is 0.133. The molecule has 0 aliphatic carbocycles. The van der Waals surface area contributed by atoms with Gasteiger partial charge >= 0.3 is 5.97 Å². The summed E-state index contributed by atoms with van der Waals surface area (Å²) in [5.41, 5.74) is 0.737. The Morgan fingerprint density at radius 1 is 1.31 bits per heavy atom. The molecule has 1 heterocycles. The topological polar surface area (TPSA) is 26.3 Å². The Hall–Kier alpha value is -1.31. The summed E-state index contributed by atoms with van der Waals surface area (Å²) < 4.78 is 5.21. The molecule has 2 heteroatoms. The molecule has 2 rings (SSSR count). The van der Waals surface area contributed by atoms with Crippen LogP contribution in [0.3, 0.4) is 0 Å². The average molecular weight is 176 g/mol. The van der Waals surface area contributed by atoms with Crippen molar-refractivity contribution >= 4 is 5.97 Å². The molecule has 1 aromatic rings. The van der Waals surface area contributed by atoms with Gasteiger partial charge < -0.3 is 4.74 Å². The van der Waals surface area contributed by atoms with Crippen LogP contribution in [-0.4, -0.2) is 5.97 Å². The predicted octanol–water partition coefficient (Wildman–Crippen LogP) is 2.17. The van der Waals surface area contributed by atoms with Gasteiger partial charge in [-0.3, -0.25) is 4.79 Å². The fourth-order valence-electron chi connectivity index (χ4n) is 1.54. The van der Waals surface area contributed by atoms with E-state index in [9.17, 15) is 4.79 Å². The fraction of sp³-hybridized carbons (Fsp3) is 0.364. The highest BCUT2D eigenvalue weighted by Gasteiger charge is 2.35. The van der Waals surface area contributed by atoms with E-state index < -0.39 is 0 Å². The number of rotatable bonds is 0. The summed E-state index contributed by atoms with van der Waals surface area (Å²) in [5, 5.41) is 0. The molecule has 0 amide bonds. The lowest BCUT2D eigenvalue weighted by molar-refractivity contribution is -0.145. The van der Waals surface area contributed by atoms with E-state index in [1.807, 2.05) is 38.1 Å². The van der Waals surface area contributed by atoms with Gasteiger partial charge in [0.2, 0.25) is 0 Å². The molecule has 1 aromatic carbocycles. The molecule has 1 aliphatic rings. The van der Waals surface area contributed by atoms with Gasteiger partial charge in [-0.2, -0.15) is 0 Å². The van der Waals surface area contributed by atoms with Crippen LogP contribution in [0.2, 0.25) is 0 Å². The molecular formula is C11H12O2. The quantitative estimate of drug-likeness (QED) is 0.447. The van der Waals surface area contributed by atoms with Crippen molar-refractivity contribution in [3.8, 4) is 5.75 Å². The summed E-state index contributed by atoms with van der Waals surface area (Å²) in [6.45, 7) is 3.82. The van der Waals surface area contributed by atoms with Crippen LogP contribution in [0.25, 0.3) is 0 Å². The van der Waals surface area contributed by atoms with E-state index >= 15 is 0 Å². The zero-order valence-corrected chi connectivity index (χ0v) is 7.83. The molecule has 0 atom stereocenters. The Bertz CT molecular complexity index is 353. The van der Waals surface area contributed by atoms with Gasteiger partial charge in [0.05, 0.1) is 5.41 Å². The SMILES string of the molecule is CC1(C)Cc2ccccc2OC1=O. The molecule has 0 bridgehead atoms. The van der Waals surface area contributed by atoms with Crippen molar-refractivity contribution in [1.29, 1.82) is 0 Å². The van der Waals surface area contributed by atoms with Crippen LogP contribution < -0.4 is 4.74 Å². The highest BCUT2D eigenvalue weighted by molar-refractivity contribution is 5.81. The number of hydrogen-bond acceptors (Lipinski definition) is 2. The molecule has 0 N–H and O–H groups in total. The normalized spacial score (nSPS) is 19.1. The van der Waals surface area contributed by atoms with Crippen LogP contribution in [0.5, 0.6) is 5.75 Å². The average Bonchev–Trinajstić information content (AvgIpc) is 2.06. The first-order valence-electron chi connectivity index (χ1n) is 4.40. The third kappa shape index (κ3) is 1.32. The molecule has 13 heavy (non-hydrogen) atoms. The summed E-state index contributed by atoms with van der Waals surface area (Å²) in [5.74, 6) is 0.582. The third-order valence-corrected chi connectivity index (χ3v) is 2.36. The zero-order valence-electron chi connectivity index (χ0n) is 7.83. The Balaban J connectivity index is 2.44. The molecule has 0 saturated carbocycles. The minimum Gasteiger partial charge on any atom is -0.426 e. The maximum absolute atomic E-state index is 11.5. The lowest BCUT2D eigenvalue weighted by Gasteiger charge is -2.28. The Morgan fingerprint density at radius 3 is 2.77 bits per heavy atom. The van der Waals surface area contributed by atoms with Gasteiger partial charge in [0.1, 0.15) is 5.75 Å². The molecule has 0 fully saturated rings. The van der Waals surface area contributed by atoms with Crippen molar-refractivity contribution < 1.29 is 9.53 Å². The fourth-order valence-corrected chi connectivity index (χ4v) is 1.54. The lowest BCUT2D eigenvalue weighted by Crippen LogP contribution is -2.35. The van der Waals surface area contributed by atoms with Crippen molar-refractivity contribution in [1.82, 2.24) is 0 Å². The van der Waals surface area contributed by atoms with Gasteiger partial charge in [0.15, 0.2) is 0 Å². The van der Waals surface area contributed by atoms with Gasteiger partial charge in [-0.1, -0.05) is 18.2 Å². The summed E-state index contributed by atoms with van der Waals surface area (Å²) in [7, 11) is 0. The van der Waals surface area contributed by atoms with Crippen molar-refractivity contribution in [3.05, 3.63) is 29.8 Å². The zero-order chi connectivity index (χ0) is 9.47. The number of para-hydroxylation sites is 1. The molecule has 2 nitrogen and oxygen atoms in total. The van der Waals surface area contributed by atoms with Gasteiger partial charge in [0.25, 0.3) is 0 Å². The highest BCUT2D eigenvalue weighted by Crippen LogP contribution is 2.34.